The Hall–Kier alpha value is -3.42. The lowest BCUT2D eigenvalue weighted by Gasteiger charge is -2.31. The fourth-order valence-corrected chi connectivity index (χ4v) is 3.45. The summed E-state index contributed by atoms with van der Waals surface area (Å²) in [4.78, 5) is 32.8. The minimum absolute atomic E-state index is 0.108. The van der Waals surface area contributed by atoms with Gasteiger partial charge in [0.1, 0.15) is 11.5 Å². The average Bonchev–Trinajstić information content (AvgIpc) is 3.12. The van der Waals surface area contributed by atoms with E-state index in [2.05, 4.69) is 15.3 Å². The van der Waals surface area contributed by atoms with Crippen LogP contribution in [-0.2, 0) is 0 Å². The van der Waals surface area contributed by atoms with Crippen LogP contribution in [0.1, 0.15) is 24.6 Å². The summed E-state index contributed by atoms with van der Waals surface area (Å²) in [5.41, 5.74) is 2.07. The number of hydrogen-bond acceptors (Lipinski definition) is 4. The smallest absolute Gasteiger partial charge is 0.322 e. The zero-order chi connectivity index (χ0) is 18.8. The van der Waals surface area contributed by atoms with Crippen LogP contribution in [0, 0.1) is 10.1 Å². The lowest BCUT2D eigenvalue weighted by Crippen LogP contribution is -2.40. The van der Waals surface area contributed by atoms with Crippen LogP contribution in [0.2, 0.25) is 0 Å². The van der Waals surface area contributed by atoms with Gasteiger partial charge < -0.3 is 15.2 Å². The van der Waals surface area contributed by atoms with Gasteiger partial charge in [-0.1, -0.05) is 24.3 Å². The van der Waals surface area contributed by atoms with Crippen molar-refractivity contribution >= 4 is 28.4 Å². The highest BCUT2D eigenvalue weighted by molar-refractivity contribution is 5.91. The molecule has 4 rings (SSSR count). The molecular weight excluding hydrogens is 346 g/mol. The highest BCUT2D eigenvalue weighted by Gasteiger charge is 2.26. The van der Waals surface area contributed by atoms with Crippen molar-refractivity contribution in [2.24, 2.45) is 0 Å². The number of amides is 2. The number of fused-ring (bicyclic) bond motifs is 1. The summed E-state index contributed by atoms with van der Waals surface area (Å²) < 4.78 is 0. The molecule has 2 aromatic carbocycles. The number of nitro groups is 1. The number of benzene rings is 2. The van der Waals surface area contributed by atoms with Crippen LogP contribution < -0.4 is 5.32 Å². The van der Waals surface area contributed by atoms with Crippen LogP contribution in [0.3, 0.4) is 0 Å². The largest absolute Gasteiger partial charge is 0.342 e. The molecule has 138 valence electrons. The SMILES string of the molecule is O=C(Nc1ccccc1[N+](=O)[O-])N1CCC(c2nc3ccccc3[nH]2)CC1. The van der Waals surface area contributed by atoms with E-state index in [9.17, 15) is 14.9 Å². The molecule has 1 aliphatic heterocycles. The molecule has 0 radical (unpaired) electrons. The molecule has 0 spiro atoms. The molecule has 27 heavy (non-hydrogen) atoms. The minimum Gasteiger partial charge on any atom is -0.342 e. The van der Waals surface area contributed by atoms with Gasteiger partial charge in [-0.2, -0.15) is 0 Å². The van der Waals surface area contributed by atoms with E-state index in [-0.39, 0.29) is 23.3 Å². The monoisotopic (exact) mass is 365 g/mol. The van der Waals surface area contributed by atoms with Gasteiger partial charge >= 0.3 is 6.03 Å². The number of aromatic nitrogens is 2. The number of hydrogen-bond donors (Lipinski definition) is 2. The molecule has 2 heterocycles. The van der Waals surface area contributed by atoms with Gasteiger partial charge in [0.25, 0.3) is 5.69 Å². The van der Waals surface area contributed by atoms with Crippen LogP contribution >= 0.6 is 0 Å². The lowest BCUT2D eigenvalue weighted by atomic mass is 9.96. The first-order valence-electron chi connectivity index (χ1n) is 8.86. The molecule has 1 aromatic heterocycles. The number of nitro benzene ring substituents is 1. The first-order chi connectivity index (χ1) is 13.1. The second-order valence-electron chi connectivity index (χ2n) is 6.60. The molecule has 2 amide bonds. The number of para-hydroxylation sites is 4. The third kappa shape index (κ3) is 3.46. The van der Waals surface area contributed by atoms with Crippen LogP contribution in [0.5, 0.6) is 0 Å². The highest BCUT2D eigenvalue weighted by atomic mass is 16.6. The van der Waals surface area contributed by atoms with Gasteiger partial charge in [0.2, 0.25) is 0 Å². The van der Waals surface area contributed by atoms with Gasteiger partial charge in [-0.05, 0) is 31.0 Å². The molecule has 8 nitrogen and oxygen atoms in total. The number of carbonyl (C=O) groups is 1. The minimum atomic E-state index is -0.497. The van der Waals surface area contributed by atoms with Gasteiger partial charge in [-0.25, -0.2) is 9.78 Å². The van der Waals surface area contributed by atoms with Crippen LogP contribution in [0.15, 0.2) is 48.5 Å². The number of rotatable bonds is 3. The normalized spacial score (nSPS) is 15.0. The Morgan fingerprint density at radius 3 is 2.59 bits per heavy atom. The van der Waals surface area contributed by atoms with E-state index >= 15 is 0 Å². The number of aromatic amines is 1. The van der Waals surface area contributed by atoms with E-state index in [1.54, 1.807) is 17.0 Å². The number of likely N-dealkylation sites (tertiary alicyclic amines) is 1. The van der Waals surface area contributed by atoms with E-state index in [4.69, 9.17) is 0 Å². The molecule has 0 aliphatic carbocycles. The summed E-state index contributed by atoms with van der Waals surface area (Å²) in [7, 11) is 0. The summed E-state index contributed by atoms with van der Waals surface area (Å²) >= 11 is 0. The molecule has 8 heteroatoms. The van der Waals surface area contributed by atoms with Crippen molar-refractivity contribution in [2.75, 3.05) is 18.4 Å². The standard InChI is InChI=1S/C19H19N5O3/c25-19(22-16-7-3-4-8-17(16)24(26)27)23-11-9-13(10-12-23)18-20-14-5-1-2-6-15(14)21-18/h1-8,13H,9-12H2,(H,20,21)(H,22,25). The van der Waals surface area contributed by atoms with Gasteiger partial charge in [0.05, 0.1) is 16.0 Å². The average molecular weight is 365 g/mol. The maximum Gasteiger partial charge on any atom is 0.322 e. The van der Waals surface area contributed by atoms with E-state index in [0.29, 0.717) is 13.1 Å². The Morgan fingerprint density at radius 2 is 1.85 bits per heavy atom. The van der Waals surface area contributed by atoms with Gasteiger partial charge in [0, 0.05) is 25.1 Å². The Morgan fingerprint density at radius 1 is 1.15 bits per heavy atom. The molecular formula is C19H19N5O3. The Bertz CT molecular complexity index is 959. The summed E-state index contributed by atoms with van der Waals surface area (Å²) in [6, 6.07) is 13.8. The Labute approximate surface area is 155 Å². The van der Waals surface area contributed by atoms with Crippen molar-refractivity contribution in [2.45, 2.75) is 18.8 Å². The van der Waals surface area contributed by atoms with E-state index in [1.807, 2.05) is 24.3 Å². The molecule has 3 aromatic rings. The van der Waals surface area contributed by atoms with Crippen molar-refractivity contribution < 1.29 is 9.72 Å². The first-order valence-corrected chi connectivity index (χ1v) is 8.86. The summed E-state index contributed by atoms with van der Waals surface area (Å²) in [5, 5.41) is 13.7. The lowest BCUT2D eigenvalue weighted by molar-refractivity contribution is -0.383. The summed E-state index contributed by atoms with van der Waals surface area (Å²) in [5.74, 6) is 1.22. The molecule has 0 saturated carbocycles. The Balaban J connectivity index is 1.40. The van der Waals surface area contributed by atoms with Gasteiger partial charge in [-0.3, -0.25) is 10.1 Å². The molecule has 1 fully saturated rings. The van der Waals surface area contributed by atoms with Gasteiger partial charge in [-0.15, -0.1) is 0 Å². The molecule has 1 aliphatic rings. The fourth-order valence-electron chi connectivity index (χ4n) is 3.45. The third-order valence-electron chi connectivity index (χ3n) is 4.92. The quantitative estimate of drug-likeness (QED) is 0.543. The fraction of sp³-hybridized carbons (Fsp3) is 0.263. The predicted molar refractivity (Wildman–Crippen MR) is 102 cm³/mol. The second-order valence-corrected chi connectivity index (χ2v) is 6.60. The number of anilines is 1. The topological polar surface area (TPSA) is 104 Å². The molecule has 0 atom stereocenters. The van der Waals surface area contributed by atoms with Gasteiger partial charge in [0.15, 0.2) is 0 Å². The van der Waals surface area contributed by atoms with Crippen LogP contribution in [0.25, 0.3) is 11.0 Å². The van der Waals surface area contributed by atoms with Crippen molar-refractivity contribution in [3.63, 3.8) is 0 Å². The van der Waals surface area contributed by atoms with Crippen LogP contribution in [-0.4, -0.2) is 38.9 Å². The third-order valence-corrected chi connectivity index (χ3v) is 4.92. The molecule has 0 bridgehead atoms. The van der Waals surface area contributed by atoms with Crippen LogP contribution in [0.4, 0.5) is 16.2 Å². The molecule has 1 saturated heterocycles. The second kappa shape index (κ2) is 7.06. The summed E-state index contributed by atoms with van der Waals surface area (Å²) in [6.45, 7) is 1.16. The first kappa shape index (κ1) is 17.0. The highest BCUT2D eigenvalue weighted by Crippen LogP contribution is 2.29. The number of nitrogens with zero attached hydrogens (tertiary/aromatic N) is 3. The number of piperidine rings is 1. The predicted octanol–water partition coefficient (Wildman–Crippen LogP) is 3.88. The van der Waals surface area contributed by atoms with Crippen molar-refractivity contribution in [3.8, 4) is 0 Å². The number of H-pyrrole nitrogens is 1. The zero-order valence-electron chi connectivity index (χ0n) is 14.6. The maximum atomic E-state index is 12.5. The number of nitrogens with one attached hydrogen (secondary N) is 2. The van der Waals surface area contributed by atoms with E-state index < -0.39 is 4.92 Å². The van der Waals surface area contributed by atoms with Crippen molar-refractivity contribution in [1.82, 2.24) is 14.9 Å². The molecule has 2 N–H and O–H groups in total. The number of imidazole rings is 1. The van der Waals surface area contributed by atoms with Crippen molar-refractivity contribution in [1.29, 1.82) is 0 Å². The molecule has 0 unspecified atom stereocenters. The number of carbonyl (C=O) groups excluding carboxylic acids is 1. The van der Waals surface area contributed by atoms with E-state index in [1.165, 1.54) is 12.1 Å². The number of urea groups is 1. The Kier molecular flexibility index (Phi) is 4.45. The summed E-state index contributed by atoms with van der Waals surface area (Å²) in [6.07, 6.45) is 1.59. The maximum absolute atomic E-state index is 12.5. The zero-order valence-corrected chi connectivity index (χ0v) is 14.6. The van der Waals surface area contributed by atoms with Crippen molar-refractivity contribution in [3.05, 3.63) is 64.5 Å². The van der Waals surface area contributed by atoms with E-state index in [0.717, 1.165) is 29.7 Å².